The van der Waals surface area contributed by atoms with Crippen molar-refractivity contribution < 1.29 is 14.3 Å². The van der Waals surface area contributed by atoms with Gasteiger partial charge in [0.05, 0.1) is 19.2 Å². The molecule has 0 amide bonds. The fraction of sp³-hybridized carbons (Fsp3) is 0.222. The maximum Gasteiger partial charge on any atom is 0.310 e. The lowest BCUT2D eigenvalue weighted by atomic mass is 10.1. The summed E-state index contributed by atoms with van der Waals surface area (Å²) in [6.45, 7) is 3.58. The monoisotopic (exact) mass is 338 g/mol. The van der Waals surface area contributed by atoms with Crippen molar-refractivity contribution in [3.63, 3.8) is 0 Å². The number of methoxy groups -OCH3 is 1. The van der Waals surface area contributed by atoms with Crippen LogP contribution in [0.25, 0.3) is 5.69 Å². The highest BCUT2D eigenvalue weighted by Crippen LogP contribution is 2.25. The summed E-state index contributed by atoms with van der Waals surface area (Å²) in [7, 11) is 1.34. The molecule has 0 saturated heterocycles. The molecule has 0 aliphatic carbocycles. The van der Waals surface area contributed by atoms with Crippen LogP contribution in [0.15, 0.2) is 42.6 Å². The molecule has 7 nitrogen and oxygen atoms in total. The Labute approximate surface area is 145 Å². The number of hydrogen-bond donors (Lipinski definition) is 0. The van der Waals surface area contributed by atoms with Gasteiger partial charge in [-0.25, -0.2) is 9.67 Å². The Morgan fingerprint density at radius 2 is 1.88 bits per heavy atom. The maximum absolute atomic E-state index is 11.7. The predicted octanol–water partition coefficient (Wildman–Crippen LogP) is 2.79. The van der Waals surface area contributed by atoms with Gasteiger partial charge in [0, 0.05) is 23.5 Å². The number of hydrogen-bond acceptors (Lipinski definition) is 6. The number of esters is 1. The molecule has 0 fully saturated rings. The molecule has 0 aliphatic heterocycles. The van der Waals surface area contributed by atoms with E-state index >= 15 is 0 Å². The van der Waals surface area contributed by atoms with Gasteiger partial charge < -0.3 is 9.47 Å². The smallest absolute Gasteiger partial charge is 0.310 e. The van der Waals surface area contributed by atoms with Crippen molar-refractivity contribution in [2.75, 3.05) is 7.11 Å². The number of ether oxygens (including phenoxy) is 2. The third-order valence-electron chi connectivity index (χ3n) is 3.62. The number of carbonyl (C=O) groups excluding carboxylic acids is 1. The van der Waals surface area contributed by atoms with E-state index in [0.717, 1.165) is 5.69 Å². The van der Waals surface area contributed by atoms with Crippen LogP contribution in [0, 0.1) is 13.8 Å². The molecular formula is C18H18N4O3. The molecule has 25 heavy (non-hydrogen) atoms. The van der Waals surface area contributed by atoms with Crippen molar-refractivity contribution in [3.8, 4) is 17.4 Å². The first-order valence-corrected chi connectivity index (χ1v) is 7.76. The van der Waals surface area contributed by atoms with Gasteiger partial charge in [0.25, 0.3) is 0 Å². The number of para-hydroxylation sites is 1. The summed E-state index contributed by atoms with van der Waals surface area (Å²) >= 11 is 0. The lowest BCUT2D eigenvalue weighted by Gasteiger charge is -2.11. The van der Waals surface area contributed by atoms with Gasteiger partial charge in [0.2, 0.25) is 11.8 Å². The number of benzene rings is 1. The zero-order valence-corrected chi connectivity index (χ0v) is 14.3. The first-order chi connectivity index (χ1) is 12.1. The number of aromatic nitrogens is 4. The van der Waals surface area contributed by atoms with Crippen LogP contribution in [-0.4, -0.2) is 32.8 Å². The van der Waals surface area contributed by atoms with Crippen LogP contribution in [0.2, 0.25) is 0 Å². The van der Waals surface area contributed by atoms with E-state index in [0.29, 0.717) is 28.8 Å². The zero-order chi connectivity index (χ0) is 17.8. The Morgan fingerprint density at radius 1 is 1.12 bits per heavy atom. The largest absolute Gasteiger partial charge is 0.469 e. The molecule has 0 radical (unpaired) electrons. The van der Waals surface area contributed by atoms with Gasteiger partial charge in [-0.1, -0.05) is 18.2 Å². The van der Waals surface area contributed by atoms with Crippen molar-refractivity contribution in [3.05, 3.63) is 59.7 Å². The lowest BCUT2D eigenvalue weighted by molar-refractivity contribution is -0.139. The van der Waals surface area contributed by atoms with Crippen molar-refractivity contribution in [1.82, 2.24) is 19.7 Å². The van der Waals surface area contributed by atoms with Crippen LogP contribution < -0.4 is 4.74 Å². The van der Waals surface area contributed by atoms with Crippen molar-refractivity contribution in [1.29, 1.82) is 0 Å². The third-order valence-corrected chi connectivity index (χ3v) is 3.62. The number of nitrogens with zero attached hydrogens (tertiary/aromatic N) is 4. The highest BCUT2D eigenvalue weighted by atomic mass is 16.5. The number of aryl methyl sites for hydroxylation is 2. The Balaban J connectivity index is 1.90. The normalized spacial score (nSPS) is 10.5. The Morgan fingerprint density at radius 3 is 2.60 bits per heavy atom. The summed E-state index contributed by atoms with van der Waals surface area (Å²) in [5, 5.41) is 4.39. The lowest BCUT2D eigenvalue weighted by Crippen LogP contribution is -2.10. The highest BCUT2D eigenvalue weighted by Gasteiger charge is 2.17. The number of carbonyl (C=O) groups is 1. The second kappa shape index (κ2) is 7.12. The molecule has 1 aromatic carbocycles. The van der Waals surface area contributed by atoms with Crippen LogP contribution in [0.5, 0.6) is 11.8 Å². The van der Waals surface area contributed by atoms with E-state index in [1.54, 1.807) is 23.9 Å². The molecule has 0 saturated carbocycles. The van der Waals surface area contributed by atoms with E-state index in [9.17, 15) is 4.79 Å². The molecule has 0 N–H and O–H groups in total. The van der Waals surface area contributed by atoms with E-state index < -0.39 is 0 Å². The van der Waals surface area contributed by atoms with Gasteiger partial charge in [-0.15, -0.1) is 5.10 Å². The molecule has 0 unspecified atom stereocenters. The summed E-state index contributed by atoms with van der Waals surface area (Å²) in [4.78, 5) is 20.3. The minimum atomic E-state index is -0.379. The zero-order valence-electron chi connectivity index (χ0n) is 14.3. The van der Waals surface area contributed by atoms with E-state index in [1.807, 2.05) is 37.3 Å². The fourth-order valence-corrected chi connectivity index (χ4v) is 2.39. The molecule has 3 aromatic rings. The Hall–Kier alpha value is -3.22. The standard InChI is InChI=1S/C18H18N4O3/c1-12-15(11-17(23)24-3)18(20-13(2)19-12)25-16-9-10-22(21-16)14-7-5-4-6-8-14/h4-10H,11H2,1-3H3. The first kappa shape index (κ1) is 16.6. The fourth-order valence-electron chi connectivity index (χ4n) is 2.39. The first-order valence-electron chi connectivity index (χ1n) is 7.76. The maximum atomic E-state index is 11.7. The number of rotatable bonds is 5. The molecule has 0 spiro atoms. The van der Waals surface area contributed by atoms with Crippen molar-refractivity contribution in [2.45, 2.75) is 20.3 Å². The van der Waals surface area contributed by atoms with Gasteiger partial charge in [-0.05, 0) is 26.0 Å². The molecule has 128 valence electrons. The second-order valence-electron chi connectivity index (χ2n) is 5.43. The van der Waals surface area contributed by atoms with Gasteiger partial charge in [-0.2, -0.15) is 4.98 Å². The van der Waals surface area contributed by atoms with Crippen molar-refractivity contribution >= 4 is 5.97 Å². The van der Waals surface area contributed by atoms with Gasteiger partial charge >= 0.3 is 5.97 Å². The van der Waals surface area contributed by atoms with Crippen LogP contribution in [0.1, 0.15) is 17.1 Å². The average molecular weight is 338 g/mol. The Bertz CT molecular complexity index is 891. The molecule has 2 aromatic heterocycles. The average Bonchev–Trinajstić information content (AvgIpc) is 3.07. The molecular weight excluding hydrogens is 320 g/mol. The SMILES string of the molecule is COC(=O)Cc1c(C)nc(C)nc1Oc1ccn(-c2ccccc2)n1. The van der Waals surface area contributed by atoms with Crippen LogP contribution in [0.3, 0.4) is 0 Å². The minimum absolute atomic E-state index is 0.0390. The van der Waals surface area contributed by atoms with E-state index in [2.05, 4.69) is 15.1 Å². The Kier molecular flexibility index (Phi) is 4.74. The topological polar surface area (TPSA) is 79.1 Å². The molecule has 3 rings (SSSR count). The van der Waals surface area contributed by atoms with Gasteiger partial charge in [-0.3, -0.25) is 4.79 Å². The summed E-state index contributed by atoms with van der Waals surface area (Å²) in [5.74, 6) is 0.875. The van der Waals surface area contributed by atoms with Crippen LogP contribution >= 0.6 is 0 Å². The van der Waals surface area contributed by atoms with Crippen LogP contribution in [-0.2, 0) is 16.0 Å². The summed E-state index contributed by atoms with van der Waals surface area (Å²) in [6, 6.07) is 11.4. The van der Waals surface area contributed by atoms with Gasteiger partial charge in [0.15, 0.2) is 0 Å². The molecule has 0 atom stereocenters. The van der Waals surface area contributed by atoms with Gasteiger partial charge in [0.1, 0.15) is 5.82 Å². The second-order valence-corrected chi connectivity index (χ2v) is 5.43. The minimum Gasteiger partial charge on any atom is -0.469 e. The molecule has 2 heterocycles. The molecule has 0 aliphatic rings. The predicted molar refractivity (Wildman–Crippen MR) is 90.9 cm³/mol. The quantitative estimate of drug-likeness (QED) is 0.666. The van der Waals surface area contributed by atoms with E-state index in [-0.39, 0.29) is 12.4 Å². The summed E-state index contributed by atoms with van der Waals surface area (Å²) in [5.41, 5.74) is 2.18. The highest BCUT2D eigenvalue weighted by molar-refractivity contribution is 5.73. The third kappa shape index (κ3) is 3.82. The van der Waals surface area contributed by atoms with E-state index in [1.165, 1.54) is 7.11 Å². The van der Waals surface area contributed by atoms with E-state index in [4.69, 9.17) is 9.47 Å². The van der Waals surface area contributed by atoms with Crippen molar-refractivity contribution in [2.24, 2.45) is 0 Å². The molecule has 7 heteroatoms. The summed E-state index contributed by atoms with van der Waals surface area (Å²) in [6.07, 6.45) is 1.84. The molecule has 0 bridgehead atoms. The van der Waals surface area contributed by atoms with Crippen LogP contribution in [0.4, 0.5) is 0 Å². The summed E-state index contributed by atoms with van der Waals surface area (Å²) < 4.78 is 12.3.